The summed E-state index contributed by atoms with van der Waals surface area (Å²) in [5.74, 6) is -0.712. The first kappa shape index (κ1) is 18.6. The highest BCUT2D eigenvalue weighted by Gasteiger charge is 2.17. The molecule has 0 aliphatic carbocycles. The molecule has 2 aromatic carbocycles. The van der Waals surface area contributed by atoms with E-state index < -0.39 is 5.92 Å². The number of amides is 1. The molecule has 1 aromatic heterocycles. The van der Waals surface area contributed by atoms with Crippen molar-refractivity contribution >= 4 is 23.2 Å². The van der Waals surface area contributed by atoms with Crippen LogP contribution in [0.2, 0.25) is 5.02 Å². The van der Waals surface area contributed by atoms with Crippen molar-refractivity contribution in [2.75, 3.05) is 5.32 Å². The van der Waals surface area contributed by atoms with Crippen molar-refractivity contribution in [3.8, 4) is 6.07 Å². The minimum atomic E-state index is -0.466. The minimum Gasteiger partial charge on any atom is -0.322 e. The Hall–Kier alpha value is -3.16. The number of nitrogens with one attached hydrogen (secondary N) is 1. The van der Waals surface area contributed by atoms with Gasteiger partial charge in [0.05, 0.1) is 23.2 Å². The van der Waals surface area contributed by atoms with Crippen LogP contribution in [-0.2, 0) is 0 Å². The van der Waals surface area contributed by atoms with E-state index >= 15 is 0 Å². The Balaban J connectivity index is 1.84. The molecule has 0 aliphatic rings. The van der Waals surface area contributed by atoms with Gasteiger partial charge < -0.3 is 5.32 Å². The van der Waals surface area contributed by atoms with Crippen molar-refractivity contribution in [3.05, 3.63) is 93.8 Å². The van der Waals surface area contributed by atoms with E-state index in [0.717, 1.165) is 11.3 Å². The number of nitriles is 1. The maximum absolute atomic E-state index is 12.5. The predicted octanol–water partition coefficient (Wildman–Crippen LogP) is 5.26. The summed E-state index contributed by atoms with van der Waals surface area (Å²) in [6.07, 6.45) is 0. The van der Waals surface area contributed by atoms with Crippen LogP contribution in [0.4, 0.5) is 5.69 Å². The number of benzene rings is 2. The van der Waals surface area contributed by atoms with Gasteiger partial charge in [-0.25, -0.2) is 0 Å². The van der Waals surface area contributed by atoms with Gasteiger partial charge in [0, 0.05) is 16.4 Å². The zero-order valence-corrected chi connectivity index (χ0v) is 15.8. The number of nitrogens with zero attached hydrogens (tertiary/aromatic N) is 2. The Labute approximate surface area is 163 Å². The zero-order chi connectivity index (χ0) is 19.4. The summed E-state index contributed by atoms with van der Waals surface area (Å²) in [4.78, 5) is 16.8. The van der Waals surface area contributed by atoms with E-state index in [9.17, 15) is 10.1 Å². The van der Waals surface area contributed by atoms with Crippen molar-refractivity contribution in [1.29, 1.82) is 5.26 Å². The van der Waals surface area contributed by atoms with Crippen LogP contribution in [0, 0.1) is 25.2 Å². The van der Waals surface area contributed by atoms with Crippen LogP contribution in [0.25, 0.3) is 0 Å². The number of carbonyl (C=O) groups is 1. The molecule has 0 fully saturated rings. The molecule has 0 spiro atoms. The molecule has 0 radical (unpaired) electrons. The molecule has 27 heavy (non-hydrogen) atoms. The van der Waals surface area contributed by atoms with E-state index in [0.29, 0.717) is 27.5 Å². The third kappa shape index (κ3) is 4.16. The lowest BCUT2D eigenvalue weighted by Gasteiger charge is -2.14. The topological polar surface area (TPSA) is 65.8 Å². The number of rotatable bonds is 4. The Morgan fingerprint density at radius 3 is 2.48 bits per heavy atom. The number of pyridine rings is 1. The molecule has 0 saturated carbocycles. The van der Waals surface area contributed by atoms with Crippen LogP contribution in [0.5, 0.6) is 0 Å². The Bertz CT molecular complexity index is 1030. The van der Waals surface area contributed by atoms with Gasteiger partial charge in [-0.2, -0.15) is 5.26 Å². The van der Waals surface area contributed by atoms with Gasteiger partial charge in [-0.15, -0.1) is 0 Å². The lowest BCUT2D eigenvalue weighted by molar-refractivity contribution is 0.102. The fourth-order valence-electron chi connectivity index (χ4n) is 2.93. The van der Waals surface area contributed by atoms with Crippen molar-refractivity contribution in [1.82, 2.24) is 4.98 Å². The number of hydrogen-bond donors (Lipinski definition) is 1. The molecule has 1 N–H and O–H groups in total. The number of hydrogen-bond acceptors (Lipinski definition) is 3. The molecule has 0 aliphatic heterocycles. The van der Waals surface area contributed by atoms with Crippen LogP contribution in [0.15, 0.2) is 60.7 Å². The van der Waals surface area contributed by atoms with Crippen LogP contribution in [-0.4, -0.2) is 10.9 Å². The van der Waals surface area contributed by atoms with Crippen LogP contribution in [0.1, 0.15) is 38.8 Å². The molecular weight excluding hydrogens is 358 g/mol. The number of carbonyl (C=O) groups excluding carboxylic acids is 1. The highest BCUT2D eigenvalue weighted by molar-refractivity contribution is 6.32. The van der Waals surface area contributed by atoms with E-state index in [1.165, 1.54) is 0 Å². The molecule has 1 atom stereocenters. The Kier molecular flexibility index (Phi) is 5.54. The third-order valence-electron chi connectivity index (χ3n) is 4.30. The van der Waals surface area contributed by atoms with Crippen LogP contribution in [0.3, 0.4) is 0 Å². The highest BCUT2D eigenvalue weighted by Crippen LogP contribution is 2.32. The Morgan fingerprint density at radius 1 is 1.11 bits per heavy atom. The quantitative estimate of drug-likeness (QED) is 0.676. The molecular formula is C22H18ClN3O. The first-order valence-corrected chi connectivity index (χ1v) is 8.87. The largest absolute Gasteiger partial charge is 0.322 e. The number of aromatic nitrogens is 1. The maximum Gasteiger partial charge on any atom is 0.257 e. The van der Waals surface area contributed by atoms with Crippen molar-refractivity contribution in [2.45, 2.75) is 19.8 Å². The Morgan fingerprint density at radius 2 is 1.85 bits per heavy atom. The van der Waals surface area contributed by atoms with E-state index in [4.69, 9.17) is 11.6 Å². The van der Waals surface area contributed by atoms with Gasteiger partial charge in [0.15, 0.2) is 0 Å². The van der Waals surface area contributed by atoms with Gasteiger partial charge in [-0.05, 0) is 49.2 Å². The second-order valence-corrected chi connectivity index (χ2v) is 6.66. The third-order valence-corrected chi connectivity index (χ3v) is 4.63. The van der Waals surface area contributed by atoms with Crippen LogP contribution >= 0.6 is 11.6 Å². The molecule has 0 bridgehead atoms. The second-order valence-electron chi connectivity index (χ2n) is 6.25. The molecule has 1 amide bonds. The summed E-state index contributed by atoms with van der Waals surface area (Å²) in [6.45, 7) is 3.68. The van der Waals surface area contributed by atoms with E-state index in [-0.39, 0.29) is 5.91 Å². The number of anilines is 1. The molecule has 1 unspecified atom stereocenters. The van der Waals surface area contributed by atoms with Gasteiger partial charge in [0.1, 0.15) is 0 Å². The lowest BCUT2D eigenvalue weighted by Crippen LogP contribution is -2.14. The van der Waals surface area contributed by atoms with Gasteiger partial charge >= 0.3 is 0 Å². The van der Waals surface area contributed by atoms with E-state index in [1.54, 1.807) is 37.3 Å². The number of halogens is 1. The van der Waals surface area contributed by atoms with Gasteiger partial charge in [-0.1, -0.05) is 48.0 Å². The van der Waals surface area contributed by atoms with E-state index in [1.807, 2.05) is 37.3 Å². The lowest BCUT2D eigenvalue weighted by atomic mass is 9.92. The molecule has 5 heteroatoms. The molecule has 134 valence electrons. The monoisotopic (exact) mass is 375 g/mol. The number of aryl methyl sites for hydroxylation is 2. The van der Waals surface area contributed by atoms with Crippen LogP contribution < -0.4 is 5.32 Å². The molecule has 3 aromatic rings. The predicted molar refractivity (Wildman–Crippen MR) is 107 cm³/mol. The normalized spacial score (nSPS) is 11.5. The standard InChI is InChI=1S/C22H18ClN3O/c1-14-8-10-18(15(2)25-14)22(27)26-17-9-11-19(21(23)12-17)20(13-24)16-6-4-3-5-7-16/h3-12,20H,1-2H3,(H,26,27). The first-order valence-electron chi connectivity index (χ1n) is 8.49. The smallest absolute Gasteiger partial charge is 0.257 e. The molecule has 3 rings (SSSR count). The first-order chi connectivity index (χ1) is 13.0. The second kappa shape index (κ2) is 8.03. The molecule has 1 heterocycles. The average Bonchev–Trinajstić information content (AvgIpc) is 2.65. The minimum absolute atomic E-state index is 0.247. The summed E-state index contributed by atoms with van der Waals surface area (Å²) >= 11 is 6.42. The van der Waals surface area contributed by atoms with Crippen molar-refractivity contribution in [2.24, 2.45) is 0 Å². The summed E-state index contributed by atoms with van der Waals surface area (Å²) in [6, 6.07) is 20.5. The fraction of sp³-hybridized carbons (Fsp3) is 0.136. The van der Waals surface area contributed by atoms with Gasteiger partial charge in [-0.3, -0.25) is 9.78 Å². The summed E-state index contributed by atoms with van der Waals surface area (Å²) in [5, 5.41) is 12.9. The van der Waals surface area contributed by atoms with E-state index in [2.05, 4.69) is 16.4 Å². The highest BCUT2D eigenvalue weighted by atomic mass is 35.5. The molecule has 4 nitrogen and oxygen atoms in total. The van der Waals surface area contributed by atoms with Gasteiger partial charge in [0.2, 0.25) is 0 Å². The van der Waals surface area contributed by atoms with Crippen molar-refractivity contribution in [3.63, 3.8) is 0 Å². The zero-order valence-electron chi connectivity index (χ0n) is 15.0. The summed E-state index contributed by atoms with van der Waals surface area (Å²) in [7, 11) is 0. The SMILES string of the molecule is Cc1ccc(C(=O)Nc2ccc(C(C#N)c3ccccc3)c(Cl)c2)c(C)n1. The fourth-order valence-corrected chi connectivity index (χ4v) is 3.22. The van der Waals surface area contributed by atoms with Gasteiger partial charge in [0.25, 0.3) is 5.91 Å². The molecule has 0 saturated heterocycles. The summed E-state index contributed by atoms with van der Waals surface area (Å²) in [5.41, 5.74) is 4.19. The average molecular weight is 376 g/mol. The van der Waals surface area contributed by atoms with Crippen molar-refractivity contribution < 1.29 is 4.79 Å². The maximum atomic E-state index is 12.5. The summed E-state index contributed by atoms with van der Waals surface area (Å²) < 4.78 is 0.